The van der Waals surface area contributed by atoms with Gasteiger partial charge < -0.3 is 10.2 Å². The third-order valence-corrected chi connectivity index (χ3v) is 7.03. The first kappa shape index (κ1) is 22.5. The lowest BCUT2D eigenvalue weighted by molar-refractivity contribution is -0.129. The number of amides is 2. The highest BCUT2D eigenvalue weighted by Crippen LogP contribution is 2.31. The summed E-state index contributed by atoms with van der Waals surface area (Å²) in [5.74, 6) is 0.622. The van der Waals surface area contributed by atoms with E-state index in [4.69, 9.17) is 0 Å². The van der Waals surface area contributed by atoms with Gasteiger partial charge in [0.2, 0.25) is 5.91 Å². The van der Waals surface area contributed by atoms with Crippen molar-refractivity contribution in [2.45, 2.75) is 51.6 Å². The van der Waals surface area contributed by atoms with Crippen LogP contribution in [0.1, 0.15) is 60.1 Å². The van der Waals surface area contributed by atoms with Crippen LogP contribution in [0.5, 0.6) is 0 Å². The summed E-state index contributed by atoms with van der Waals surface area (Å²) < 4.78 is 0. The molecule has 1 heterocycles. The van der Waals surface area contributed by atoms with Crippen LogP contribution < -0.4 is 5.32 Å². The van der Waals surface area contributed by atoms with Crippen molar-refractivity contribution in [3.05, 3.63) is 71.3 Å². The van der Waals surface area contributed by atoms with Crippen molar-refractivity contribution in [1.29, 1.82) is 0 Å². The average molecular weight is 434 g/mol. The Hall–Kier alpha value is -2.66. The molecule has 2 unspecified atom stereocenters. The SMILES string of the molecule is Cc1cccc(C(=O)N2CCN(C(C(=O)NC(C)c3ccccc3)C3CCCC3)CC2)c1. The van der Waals surface area contributed by atoms with Gasteiger partial charge in [-0.1, -0.05) is 60.9 Å². The molecule has 5 heteroatoms. The zero-order valence-electron chi connectivity index (χ0n) is 19.3. The molecule has 1 aliphatic heterocycles. The molecule has 2 aromatic carbocycles. The monoisotopic (exact) mass is 433 g/mol. The van der Waals surface area contributed by atoms with Gasteiger partial charge >= 0.3 is 0 Å². The zero-order chi connectivity index (χ0) is 22.5. The van der Waals surface area contributed by atoms with E-state index in [1.54, 1.807) is 0 Å². The first-order valence-corrected chi connectivity index (χ1v) is 12.0. The third kappa shape index (κ3) is 5.21. The molecular formula is C27H35N3O2. The normalized spacial score (nSPS) is 19.5. The van der Waals surface area contributed by atoms with Crippen molar-refractivity contribution in [3.8, 4) is 0 Å². The summed E-state index contributed by atoms with van der Waals surface area (Å²) in [6.07, 6.45) is 4.63. The number of piperazine rings is 1. The maximum absolute atomic E-state index is 13.5. The number of nitrogens with one attached hydrogen (secondary N) is 1. The molecule has 0 spiro atoms. The smallest absolute Gasteiger partial charge is 0.253 e. The van der Waals surface area contributed by atoms with Gasteiger partial charge in [0.1, 0.15) is 0 Å². The summed E-state index contributed by atoms with van der Waals surface area (Å²) in [5, 5.41) is 3.28. The van der Waals surface area contributed by atoms with Crippen LogP contribution >= 0.6 is 0 Å². The van der Waals surface area contributed by atoms with Gasteiger partial charge in [-0.05, 0) is 50.3 Å². The van der Waals surface area contributed by atoms with Crippen LogP contribution in [0.25, 0.3) is 0 Å². The Kier molecular flexibility index (Phi) is 7.26. The molecule has 2 atom stereocenters. The summed E-state index contributed by atoms with van der Waals surface area (Å²) >= 11 is 0. The number of hydrogen-bond donors (Lipinski definition) is 1. The Labute approximate surface area is 191 Å². The Morgan fingerprint density at radius 3 is 2.28 bits per heavy atom. The van der Waals surface area contributed by atoms with E-state index in [0.717, 1.165) is 42.6 Å². The fourth-order valence-electron chi connectivity index (χ4n) is 5.24. The van der Waals surface area contributed by atoms with Crippen LogP contribution in [-0.4, -0.2) is 53.8 Å². The molecule has 170 valence electrons. The third-order valence-electron chi connectivity index (χ3n) is 7.03. The molecule has 0 aromatic heterocycles. The van der Waals surface area contributed by atoms with Crippen molar-refractivity contribution < 1.29 is 9.59 Å². The summed E-state index contributed by atoms with van der Waals surface area (Å²) in [7, 11) is 0. The first-order valence-electron chi connectivity index (χ1n) is 12.0. The lowest BCUT2D eigenvalue weighted by Gasteiger charge is -2.41. The number of nitrogens with zero attached hydrogens (tertiary/aromatic N) is 2. The summed E-state index contributed by atoms with van der Waals surface area (Å²) in [6, 6.07) is 17.8. The molecule has 2 fully saturated rings. The lowest BCUT2D eigenvalue weighted by Crippen LogP contribution is -2.58. The summed E-state index contributed by atoms with van der Waals surface area (Å²) in [4.78, 5) is 30.7. The Morgan fingerprint density at radius 1 is 0.938 bits per heavy atom. The number of aryl methyl sites for hydroxylation is 1. The number of carbonyl (C=O) groups is 2. The fourth-order valence-corrected chi connectivity index (χ4v) is 5.24. The molecule has 2 aliphatic rings. The van der Waals surface area contributed by atoms with Crippen molar-refractivity contribution >= 4 is 11.8 Å². The van der Waals surface area contributed by atoms with Gasteiger partial charge in [0.05, 0.1) is 12.1 Å². The van der Waals surface area contributed by atoms with Crippen molar-refractivity contribution in [3.63, 3.8) is 0 Å². The van der Waals surface area contributed by atoms with Crippen LogP contribution in [-0.2, 0) is 4.79 Å². The molecule has 2 amide bonds. The van der Waals surface area contributed by atoms with Gasteiger partial charge in [0, 0.05) is 31.7 Å². The van der Waals surface area contributed by atoms with Crippen LogP contribution in [0.15, 0.2) is 54.6 Å². The second-order valence-corrected chi connectivity index (χ2v) is 9.33. The van der Waals surface area contributed by atoms with Gasteiger partial charge in [-0.25, -0.2) is 0 Å². The first-order chi connectivity index (χ1) is 15.5. The minimum atomic E-state index is -0.111. The van der Waals surface area contributed by atoms with E-state index in [2.05, 4.69) is 29.3 Å². The topological polar surface area (TPSA) is 52.7 Å². The highest BCUT2D eigenvalue weighted by atomic mass is 16.2. The van der Waals surface area contributed by atoms with Crippen molar-refractivity contribution in [2.24, 2.45) is 5.92 Å². The molecule has 32 heavy (non-hydrogen) atoms. The minimum Gasteiger partial charge on any atom is -0.348 e. The molecule has 1 N–H and O–H groups in total. The van der Waals surface area contributed by atoms with E-state index in [-0.39, 0.29) is 23.9 Å². The average Bonchev–Trinajstić information content (AvgIpc) is 3.34. The van der Waals surface area contributed by atoms with Crippen LogP contribution in [0.2, 0.25) is 0 Å². The summed E-state index contributed by atoms with van der Waals surface area (Å²) in [5.41, 5.74) is 2.97. The van der Waals surface area contributed by atoms with Crippen LogP contribution in [0, 0.1) is 12.8 Å². The summed E-state index contributed by atoms with van der Waals surface area (Å²) in [6.45, 7) is 6.88. The number of carbonyl (C=O) groups excluding carboxylic acids is 2. The maximum Gasteiger partial charge on any atom is 0.253 e. The Balaban J connectivity index is 1.41. The largest absolute Gasteiger partial charge is 0.348 e. The van der Waals surface area contributed by atoms with Gasteiger partial charge in [-0.15, -0.1) is 0 Å². The molecule has 1 saturated carbocycles. The molecular weight excluding hydrogens is 398 g/mol. The van der Waals surface area contributed by atoms with Gasteiger partial charge in [0.25, 0.3) is 5.91 Å². The molecule has 1 aliphatic carbocycles. The van der Waals surface area contributed by atoms with Gasteiger partial charge in [0.15, 0.2) is 0 Å². The second-order valence-electron chi connectivity index (χ2n) is 9.33. The predicted molar refractivity (Wildman–Crippen MR) is 127 cm³/mol. The Morgan fingerprint density at radius 2 is 1.62 bits per heavy atom. The van der Waals surface area contributed by atoms with Crippen LogP contribution in [0.3, 0.4) is 0 Å². The van der Waals surface area contributed by atoms with E-state index >= 15 is 0 Å². The van der Waals surface area contributed by atoms with E-state index in [1.165, 1.54) is 12.8 Å². The maximum atomic E-state index is 13.5. The molecule has 1 saturated heterocycles. The molecule has 5 nitrogen and oxygen atoms in total. The highest BCUT2D eigenvalue weighted by molar-refractivity contribution is 5.94. The molecule has 0 bridgehead atoms. The van der Waals surface area contributed by atoms with E-state index in [9.17, 15) is 9.59 Å². The number of rotatable bonds is 6. The van der Waals surface area contributed by atoms with Gasteiger partial charge in [-0.3, -0.25) is 14.5 Å². The number of hydrogen-bond acceptors (Lipinski definition) is 3. The van der Waals surface area contributed by atoms with Crippen LogP contribution in [0.4, 0.5) is 0 Å². The number of benzene rings is 2. The van der Waals surface area contributed by atoms with E-state index < -0.39 is 0 Å². The Bertz CT molecular complexity index is 916. The lowest BCUT2D eigenvalue weighted by atomic mass is 9.94. The highest BCUT2D eigenvalue weighted by Gasteiger charge is 2.37. The molecule has 2 aromatic rings. The van der Waals surface area contributed by atoms with E-state index in [1.807, 2.05) is 54.3 Å². The standard InChI is InChI=1S/C27H35N3O2/c1-20-9-8-14-24(19-20)27(32)30-17-15-29(16-18-30)25(23-12-6-7-13-23)26(31)28-21(2)22-10-4-3-5-11-22/h3-5,8-11,14,19,21,23,25H,6-7,12-13,15-18H2,1-2H3,(H,28,31). The quantitative estimate of drug-likeness (QED) is 0.743. The second kappa shape index (κ2) is 10.3. The molecule has 0 radical (unpaired) electrons. The predicted octanol–water partition coefficient (Wildman–Crippen LogP) is 4.19. The van der Waals surface area contributed by atoms with Crippen molar-refractivity contribution in [2.75, 3.05) is 26.2 Å². The zero-order valence-corrected chi connectivity index (χ0v) is 19.3. The van der Waals surface area contributed by atoms with Gasteiger partial charge in [-0.2, -0.15) is 0 Å². The minimum absolute atomic E-state index is 0.0169. The van der Waals surface area contributed by atoms with Crippen molar-refractivity contribution in [1.82, 2.24) is 15.1 Å². The molecule has 4 rings (SSSR count). The van der Waals surface area contributed by atoms with E-state index in [0.29, 0.717) is 19.0 Å². The fraction of sp³-hybridized carbons (Fsp3) is 0.481.